The summed E-state index contributed by atoms with van der Waals surface area (Å²) in [5.74, 6) is 1.44. The van der Waals surface area contributed by atoms with E-state index < -0.39 is 5.41 Å². The minimum absolute atomic E-state index is 0.00368. The molecule has 2 aliphatic rings. The lowest BCUT2D eigenvalue weighted by Gasteiger charge is -2.17. The van der Waals surface area contributed by atoms with Crippen molar-refractivity contribution in [3.63, 3.8) is 0 Å². The quantitative estimate of drug-likeness (QED) is 0.735. The Morgan fingerprint density at radius 2 is 1.82 bits per heavy atom. The molecule has 0 atom stereocenters. The summed E-state index contributed by atoms with van der Waals surface area (Å²) < 4.78 is 10.9. The summed E-state index contributed by atoms with van der Waals surface area (Å²) >= 11 is 0. The van der Waals surface area contributed by atoms with Crippen LogP contribution in [0.5, 0.6) is 11.5 Å². The molecular formula is C23H20N2O3. The van der Waals surface area contributed by atoms with Gasteiger partial charge in [-0.25, -0.2) is 0 Å². The average molecular weight is 372 g/mol. The third-order valence-electron chi connectivity index (χ3n) is 5.54. The number of ether oxygens (including phenoxy) is 2. The second-order valence-electron chi connectivity index (χ2n) is 7.33. The molecule has 0 saturated heterocycles. The predicted molar refractivity (Wildman–Crippen MR) is 107 cm³/mol. The van der Waals surface area contributed by atoms with Gasteiger partial charge in [0.2, 0.25) is 12.7 Å². The molecule has 2 aromatic carbocycles. The van der Waals surface area contributed by atoms with Gasteiger partial charge in [-0.3, -0.25) is 9.78 Å². The molecule has 1 saturated carbocycles. The number of amides is 1. The highest BCUT2D eigenvalue weighted by atomic mass is 16.7. The maximum absolute atomic E-state index is 13.1. The first kappa shape index (κ1) is 16.8. The van der Waals surface area contributed by atoms with E-state index in [2.05, 4.69) is 10.3 Å². The smallest absolute Gasteiger partial charge is 0.235 e. The molecule has 28 heavy (non-hydrogen) atoms. The van der Waals surface area contributed by atoms with E-state index in [1.165, 1.54) is 0 Å². The summed E-state index contributed by atoms with van der Waals surface area (Å²) in [4.78, 5) is 17.6. The van der Waals surface area contributed by atoms with E-state index in [9.17, 15) is 4.79 Å². The van der Waals surface area contributed by atoms with Gasteiger partial charge in [0.15, 0.2) is 11.5 Å². The molecule has 5 heteroatoms. The van der Waals surface area contributed by atoms with Crippen molar-refractivity contribution in [1.82, 2.24) is 4.98 Å². The van der Waals surface area contributed by atoms with Gasteiger partial charge in [0, 0.05) is 11.3 Å². The number of carbonyl (C=O) groups excluding carboxylic acids is 1. The molecule has 0 bridgehead atoms. The standard InChI is InChI=1S/C23H20N2O3/c1-15-19(16-5-3-2-4-6-16)12-18(13-24-15)25-22(26)23(9-10-23)17-7-8-20-21(11-17)28-14-27-20/h2-8,11-13H,9-10,14H2,1H3,(H,25,26). The monoisotopic (exact) mass is 372 g/mol. The highest BCUT2D eigenvalue weighted by Gasteiger charge is 2.51. The van der Waals surface area contributed by atoms with Gasteiger partial charge in [-0.05, 0) is 49.1 Å². The minimum Gasteiger partial charge on any atom is -0.454 e. The van der Waals surface area contributed by atoms with Crippen LogP contribution in [0.25, 0.3) is 11.1 Å². The van der Waals surface area contributed by atoms with Crippen molar-refractivity contribution in [1.29, 1.82) is 0 Å². The SMILES string of the molecule is Cc1ncc(NC(=O)C2(c3ccc4c(c3)OCO4)CC2)cc1-c1ccccc1. The van der Waals surface area contributed by atoms with Crippen molar-refractivity contribution in [2.75, 3.05) is 12.1 Å². The molecule has 1 aromatic heterocycles. The molecule has 1 aliphatic carbocycles. The number of hydrogen-bond donors (Lipinski definition) is 1. The molecule has 1 aliphatic heterocycles. The maximum atomic E-state index is 13.1. The molecule has 5 rings (SSSR count). The highest BCUT2D eigenvalue weighted by Crippen LogP contribution is 2.51. The van der Waals surface area contributed by atoms with Crippen LogP contribution in [0, 0.1) is 6.92 Å². The summed E-state index contributed by atoms with van der Waals surface area (Å²) in [6, 6.07) is 17.8. The molecule has 0 spiro atoms. The van der Waals surface area contributed by atoms with E-state index in [-0.39, 0.29) is 12.7 Å². The van der Waals surface area contributed by atoms with E-state index in [0.29, 0.717) is 11.4 Å². The number of hydrogen-bond acceptors (Lipinski definition) is 4. The number of fused-ring (bicyclic) bond motifs is 1. The van der Waals surface area contributed by atoms with Crippen molar-refractivity contribution in [2.45, 2.75) is 25.2 Å². The fraction of sp³-hybridized carbons (Fsp3) is 0.217. The average Bonchev–Trinajstić information content (AvgIpc) is 3.41. The van der Waals surface area contributed by atoms with Crippen LogP contribution in [0.15, 0.2) is 60.8 Å². The fourth-order valence-corrected chi connectivity index (χ4v) is 3.73. The normalized spacial score (nSPS) is 15.9. The van der Waals surface area contributed by atoms with E-state index in [1.54, 1.807) is 6.20 Å². The number of aromatic nitrogens is 1. The molecule has 140 valence electrons. The number of anilines is 1. The lowest BCUT2D eigenvalue weighted by molar-refractivity contribution is -0.118. The van der Waals surface area contributed by atoms with Crippen molar-refractivity contribution in [3.8, 4) is 22.6 Å². The van der Waals surface area contributed by atoms with Gasteiger partial charge in [-0.2, -0.15) is 0 Å². The zero-order valence-electron chi connectivity index (χ0n) is 15.6. The minimum atomic E-state index is -0.501. The molecule has 2 heterocycles. The van der Waals surface area contributed by atoms with Crippen LogP contribution in [-0.2, 0) is 10.2 Å². The van der Waals surface area contributed by atoms with Gasteiger partial charge in [0.05, 0.1) is 17.3 Å². The topological polar surface area (TPSA) is 60.5 Å². The summed E-state index contributed by atoms with van der Waals surface area (Å²) in [5, 5.41) is 3.07. The second kappa shape index (κ2) is 6.37. The molecular weight excluding hydrogens is 352 g/mol. The van der Waals surface area contributed by atoms with E-state index >= 15 is 0 Å². The number of aryl methyl sites for hydroxylation is 1. The van der Waals surface area contributed by atoms with Crippen LogP contribution in [0.1, 0.15) is 24.1 Å². The van der Waals surface area contributed by atoms with Crippen LogP contribution < -0.4 is 14.8 Å². The Kier molecular flexibility index (Phi) is 3.83. The Morgan fingerprint density at radius 3 is 2.61 bits per heavy atom. The van der Waals surface area contributed by atoms with Crippen molar-refractivity contribution in [3.05, 3.63) is 72.1 Å². The van der Waals surface area contributed by atoms with Crippen molar-refractivity contribution >= 4 is 11.6 Å². The zero-order chi connectivity index (χ0) is 19.1. The van der Waals surface area contributed by atoms with Crippen LogP contribution in [-0.4, -0.2) is 17.7 Å². The Balaban J connectivity index is 1.41. The van der Waals surface area contributed by atoms with Crippen molar-refractivity contribution in [2.24, 2.45) is 0 Å². The van der Waals surface area contributed by atoms with Crippen LogP contribution in [0.2, 0.25) is 0 Å². The highest BCUT2D eigenvalue weighted by molar-refractivity contribution is 6.01. The lowest BCUT2D eigenvalue weighted by Crippen LogP contribution is -2.27. The van der Waals surface area contributed by atoms with Crippen LogP contribution in [0.3, 0.4) is 0 Å². The largest absolute Gasteiger partial charge is 0.454 e. The fourth-order valence-electron chi connectivity index (χ4n) is 3.73. The summed E-state index contributed by atoms with van der Waals surface area (Å²) in [6.07, 6.45) is 3.36. The molecule has 0 unspecified atom stereocenters. The van der Waals surface area contributed by atoms with Gasteiger partial charge in [-0.15, -0.1) is 0 Å². The van der Waals surface area contributed by atoms with Gasteiger partial charge in [0.25, 0.3) is 0 Å². The Morgan fingerprint density at radius 1 is 1.04 bits per heavy atom. The number of pyridine rings is 1. The zero-order valence-corrected chi connectivity index (χ0v) is 15.6. The number of rotatable bonds is 4. The first-order valence-corrected chi connectivity index (χ1v) is 9.39. The molecule has 1 amide bonds. The number of carbonyl (C=O) groups is 1. The third-order valence-corrected chi connectivity index (χ3v) is 5.54. The first-order valence-electron chi connectivity index (χ1n) is 9.39. The van der Waals surface area contributed by atoms with Gasteiger partial charge < -0.3 is 14.8 Å². The number of benzene rings is 2. The van der Waals surface area contributed by atoms with E-state index in [4.69, 9.17) is 9.47 Å². The van der Waals surface area contributed by atoms with Gasteiger partial charge in [-0.1, -0.05) is 36.4 Å². The molecule has 3 aromatic rings. The molecule has 1 N–H and O–H groups in total. The Hall–Kier alpha value is -3.34. The van der Waals surface area contributed by atoms with Crippen LogP contribution in [0.4, 0.5) is 5.69 Å². The number of nitrogens with zero attached hydrogens (tertiary/aromatic N) is 1. The summed E-state index contributed by atoms with van der Waals surface area (Å²) in [5.41, 5.74) is 4.21. The maximum Gasteiger partial charge on any atom is 0.235 e. The summed E-state index contributed by atoms with van der Waals surface area (Å²) in [7, 11) is 0. The van der Waals surface area contributed by atoms with Gasteiger partial charge >= 0.3 is 0 Å². The second-order valence-corrected chi connectivity index (χ2v) is 7.33. The number of nitrogens with one attached hydrogen (secondary N) is 1. The lowest BCUT2D eigenvalue weighted by atomic mass is 9.94. The van der Waals surface area contributed by atoms with Crippen LogP contribution >= 0.6 is 0 Å². The Labute approximate surface area is 163 Å². The van der Waals surface area contributed by atoms with E-state index in [1.807, 2.05) is 61.5 Å². The van der Waals surface area contributed by atoms with E-state index in [0.717, 1.165) is 41.0 Å². The van der Waals surface area contributed by atoms with Gasteiger partial charge in [0.1, 0.15) is 0 Å². The first-order chi connectivity index (χ1) is 13.7. The molecule has 1 fully saturated rings. The molecule has 0 radical (unpaired) electrons. The predicted octanol–water partition coefficient (Wildman–Crippen LogP) is 4.46. The summed E-state index contributed by atoms with van der Waals surface area (Å²) in [6.45, 7) is 2.21. The Bertz CT molecular complexity index is 1060. The third kappa shape index (κ3) is 2.80. The molecule has 5 nitrogen and oxygen atoms in total. The van der Waals surface area contributed by atoms with Crippen molar-refractivity contribution < 1.29 is 14.3 Å².